The number of nitrogens with one attached hydrogen (secondary N) is 2. The molecule has 0 saturated carbocycles. The molecule has 1 amide bonds. The van der Waals surface area contributed by atoms with Crippen molar-refractivity contribution < 1.29 is 13.9 Å². The number of carbonyl (C=O) groups is 1. The van der Waals surface area contributed by atoms with Gasteiger partial charge in [0, 0.05) is 23.6 Å². The molecule has 2 N–H and O–H groups in total. The van der Waals surface area contributed by atoms with Crippen molar-refractivity contribution >= 4 is 16.9 Å². The van der Waals surface area contributed by atoms with Crippen molar-refractivity contribution in [3.8, 4) is 16.9 Å². The van der Waals surface area contributed by atoms with Crippen LogP contribution in [-0.4, -0.2) is 33.2 Å². The van der Waals surface area contributed by atoms with Gasteiger partial charge in [-0.3, -0.25) is 4.79 Å². The van der Waals surface area contributed by atoms with E-state index in [4.69, 9.17) is 9.15 Å². The number of methoxy groups -OCH3 is 1. The molecule has 25 heavy (non-hydrogen) atoms. The van der Waals surface area contributed by atoms with Gasteiger partial charge in [0.25, 0.3) is 5.91 Å². The minimum atomic E-state index is -0.204. The van der Waals surface area contributed by atoms with E-state index < -0.39 is 0 Å². The number of rotatable bonds is 7. The third-order valence-electron chi connectivity index (χ3n) is 4.06. The highest BCUT2D eigenvalue weighted by Gasteiger charge is 2.21. The third-order valence-corrected chi connectivity index (χ3v) is 4.06. The average molecular weight is 338 g/mol. The first kappa shape index (κ1) is 17.0. The standard InChI is InChI=1S/C20H22N2O3/c1-21-11-6-12-22-20(23)19-18(14-7-4-3-5-8-14)16-10-9-15(24-2)13-17(16)25-19/h3-5,7-10,13,21H,6,11-12H2,1-2H3,(H,22,23). The van der Waals surface area contributed by atoms with Crippen molar-refractivity contribution in [1.29, 1.82) is 0 Å². The van der Waals surface area contributed by atoms with Gasteiger partial charge in [0.05, 0.1) is 7.11 Å². The molecule has 1 aromatic heterocycles. The van der Waals surface area contributed by atoms with Gasteiger partial charge in [0.15, 0.2) is 0 Å². The Hall–Kier alpha value is -2.79. The highest BCUT2D eigenvalue weighted by molar-refractivity contribution is 6.08. The number of furan rings is 1. The van der Waals surface area contributed by atoms with Crippen molar-refractivity contribution in [2.45, 2.75) is 6.42 Å². The van der Waals surface area contributed by atoms with E-state index in [2.05, 4.69) is 10.6 Å². The van der Waals surface area contributed by atoms with Crippen LogP contribution in [0.2, 0.25) is 0 Å². The SMILES string of the molecule is CNCCCNC(=O)c1oc2cc(OC)ccc2c1-c1ccccc1. The number of benzene rings is 2. The molecule has 2 aromatic carbocycles. The minimum Gasteiger partial charge on any atom is -0.497 e. The highest BCUT2D eigenvalue weighted by atomic mass is 16.5. The van der Waals surface area contributed by atoms with Crippen molar-refractivity contribution in [3.05, 3.63) is 54.3 Å². The molecule has 0 atom stereocenters. The van der Waals surface area contributed by atoms with E-state index in [0.717, 1.165) is 29.5 Å². The Morgan fingerprint density at radius 2 is 1.92 bits per heavy atom. The maximum Gasteiger partial charge on any atom is 0.287 e. The first-order valence-electron chi connectivity index (χ1n) is 8.33. The number of amides is 1. The van der Waals surface area contributed by atoms with Crippen LogP contribution in [0.3, 0.4) is 0 Å². The van der Waals surface area contributed by atoms with Gasteiger partial charge in [0.1, 0.15) is 11.3 Å². The van der Waals surface area contributed by atoms with Crippen LogP contribution in [0.1, 0.15) is 17.0 Å². The molecule has 0 aliphatic heterocycles. The van der Waals surface area contributed by atoms with Gasteiger partial charge in [0.2, 0.25) is 5.76 Å². The molecule has 0 unspecified atom stereocenters. The molecule has 0 spiro atoms. The first-order chi connectivity index (χ1) is 12.2. The van der Waals surface area contributed by atoms with Crippen LogP contribution in [0.15, 0.2) is 52.9 Å². The molecule has 3 aromatic rings. The van der Waals surface area contributed by atoms with Gasteiger partial charge in [-0.15, -0.1) is 0 Å². The molecule has 0 bridgehead atoms. The summed E-state index contributed by atoms with van der Waals surface area (Å²) in [4.78, 5) is 12.7. The summed E-state index contributed by atoms with van der Waals surface area (Å²) in [5.41, 5.74) is 2.40. The molecule has 0 aliphatic rings. The maximum atomic E-state index is 12.7. The predicted octanol–water partition coefficient (Wildman–Crippen LogP) is 3.45. The summed E-state index contributed by atoms with van der Waals surface area (Å²) in [6.07, 6.45) is 0.858. The first-order valence-corrected chi connectivity index (χ1v) is 8.33. The molecule has 0 radical (unpaired) electrons. The predicted molar refractivity (Wildman–Crippen MR) is 99.1 cm³/mol. The van der Waals surface area contributed by atoms with E-state index in [-0.39, 0.29) is 5.91 Å². The molecule has 0 saturated heterocycles. The summed E-state index contributed by atoms with van der Waals surface area (Å²) in [5.74, 6) is 0.825. The van der Waals surface area contributed by atoms with Crippen LogP contribution >= 0.6 is 0 Å². The quantitative estimate of drug-likeness (QED) is 0.648. The lowest BCUT2D eigenvalue weighted by Crippen LogP contribution is -2.26. The Labute approximate surface area is 147 Å². The van der Waals surface area contributed by atoms with Crippen molar-refractivity contribution in [1.82, 2.24) is 10.6 Å². The van der Waals surface area contributed by atoms with E-state index in [1.165, 1.54) is 0 Å². The van der Waals surface area contributed by atoms with Crippen LogP contribution in [0.25, 0.3) is 22.1 Å². The Balaban J connectivity index is 2.02. The third kappa shape index (κ3) is 3.67. The smallest absolute Gasteiger partial charge is 0.287 e. The fourth-order valence-corrected chi connectivity index (χ4v) is 2.80. The second kappa shape index (κ2) is 7.85. The van der Waals surface area contributed by atoms with E-state index in [1.54, 1.807) is 13.2 Å². The molecule has 130 valence electrons. The lowest BCUT2D eigenvalue weighted by atomic mass is 10.0. The Morgan fingerprint density at radius 1 is 1.12 bits per heavy atom. The van der Waals surface area contributed by atoms with E-state index in [1.807, 2.05) is 49.5 Å². The average Bonchev–Trinajstić information content (AvgIpc) is 3.04. The second-order valence-electron chi connectivity index (χ2n) is 5.75. The minimum absolute atomic E-state index is 0.204. The lowest BCUT2D eigenvalue weighted by molar-refractivity contribution is 0.0928. The monoisotopic (exact) mass is 338 g/mol. The molecular formula is C20H22N2O3. The van der Waals surface area contributed by atoms with Gasteiger partial charge in [-0.05, 0) is 37.7 Å². The number of ether oxygens (including phenoxy) is 1. The van der Waals surface area contributed by atoms with Gasteiger partial charge in [-0.2, -0.15) is 0 Å². The Morgan fingerprint density at radius 3 is 2.64 bits per heavy atom. The van der Waals surface area contributed by atoms with E-state index in [0.29, 0.717) is 23.6 Å². The number of fused-ring (bicyclic) bond motifs is 1. The molecule has 5 nitrogen and oxygen atoms in total. The van der Waals surface area contributed by atoms with Crippen LogP contribution in [0, 0.1) is 0 Å². The Bertz CT molecular complexity index is 856. The molecule has 3 rings (SSSR count). The number of carbonyl (C=O) groups excluding carboxylic acids is 1. The number of hydrogen-bond donors (Lipinski definition) is 2. The summed E-state index contributed by atoms with van der Waals surface area (Å²) in [6.45, 7) is 1.44. The maximum absolute atomic E-state index is 12.7. The topological polar surface area (TPSA) is 63.5 Å². The normalized spacial score (nSPS) is 10.8. The van der Waals surface area contributed by atoms with Crippen molar-refractivity contribution in [3.63, 3.8) is 0 Å². The summed E-state index contributed by atoms with van der Waals surface area (Å²) < 4.78 is 11.2. The summed E-state index contributed by atoms with van der Waals surface area (Å²) in [7, 11) is 3.50. The molecular weight excluding hydrogens is 316 g/mol. The molecule has 5 heteroatoms. The van der Waals surface area contributed by atoms with Crippen LogP contribution in [0.5, 0.6) is 5.75 Å². The van der Waals surface area contributed by atoms with Crippen molar-refractivity contribution in [2.75, 3.05) is 27.2 Å². The lowest BCUT2D eigenvalue weighted by Gasteiger charge is -2.05. The van der Waals surface area contributed by atoms with E-state index in [9.17, 15) is 4.79 Å². The largest absolute Gasteiger partial charge is 0.497 e. The van der Waals surface area contributed by atoms with Gasteiger partial charge in [-0.25, -0.2) is 0 Å². The second-order valence-corrected chi connectivity index (χ2v) is 5.75. The van der Waals surface area contributed by atoms with E-state index >= 15 is 0 Å². The summed E-state index contributed by atoms with van der Waals surface area (Å²) in [6, 6.07) is 15.4. The molecule has 1 heterocycles. The molecule has 0 fully saturated rings. The highest BCUT2D eigenvalue weighted by Crippen LogP contribution is 2.36. The van der Waals surface area contributed by atoms with Crippen LogP contribution in [0.4, 0.5) is 0 Å². The van der Waals surface area contributed by atoms with Crippen molar-refractivity contribution in [2.24, 2.45) is 0 Å². The molecule has 0 aliphatic carbocycles. The van der Waals surface area contributed by atoms with Gasteiger partial charge in [-0.1, -0.05) is 30.3 Å². The Kier molecular flexibility index (Phi) is 5.36. The van der Waals surface area contributed by atoms with Crippen LogP contribution in [-0.2, 0) is 0 Å². The zero-order chi connectivity index (χ0) is 17.6. The zero-order valence-corrected chi connectivity index (χ0v) is 14.5. The number of hydrogen-bond acceptors (Lipinski definition) is 4. The zero-order valence-electron chi connectivity index (χ0n) is 14.5. The summed E-state index contributed by atoms with van der Waals surface area (Å²) in [5, 5.41) is 6.89. The van der Waals surface area contributed by atoms with Gasteiger partial charge >= 0.3 is 0 Å². The van der Waals surface area contributed by atoms with Crippen LogP contribution < -0.4 is 15.4 Å². The summed E-state index contributed by atoms with van der Waals surface area (Å²) >= 11 is 0. The fourth-order valence-electron chi connectivity index (χ4n) is 2.80. The fraction of sp³-hybridized carbons (Fsp3) is 0.250. The van der Waals surface area contributed by atoms with Gasteiger partial charge < -0.3 is 19.8 Å².